The first-order valence-corrected chi connectivity index (χ1v) is 8.76. The zero-order chi connectivity index (χ0) is 19.7. The van der Waals surface area contributed by atoms with Crippen LogP contribution in [-0.4, -0.2) is 30.6 Å². The monoisotopic (exact) mass is 380 g/mol. The molecule has 8 nitrogen and oxygen atoms in total. The molecule has 3 aromatic heterocycles. The van der Waals surface area contributed by atoms with Crippen LogP contribution in [0.15, 0.2) is 41.1 Å². The Hall–Kier alpha value is -3.62. The summed E-state index contributed by atoms with van der Waals surface area (Å²) in [5.41, 5.74) is 2.06. The second kappa shape index (κ2) is 7.18. The number of nitrogens with one attached hydrogen (secondary N) is 1. The third kappa shape index (κ3) is 3.34. The number of benzene rings is 1. The molecule has 0 spiro atoms. The summed E-state index contributed by atoms with van der Waals surface area (Å²) >= 11 is 0. The number of hydrogen-bond acceptors (Lipinski definition) is 6. The minimum Gasteiger partial charge on any atom is -0.345 e. The Bertz CT molecular complexity index is 1170. The Kier molecular flexibility index (Phi) is 4.56. The van der Waals surface area contributed by atoms with Gasteiger partial charge in [0.1, 0.15) is 5.82 Å². The largest absolute Gasteiger partial charge is 0.345 e. The predicted molar refractivity (Wildman–Crippen MR) is 98.0 cm³/mol. The number of aryl methyl sites for hydroxylation is 2. The van der Waals surface area contributed by atoms with Crippen molar-refractivity contribution in [2.24, 2.45) is 0 Å². The molecule has 0 saturated heterocycles. The van der Waals surface area contributed by atoms with Crippen molar-refractivity contribution in [3.8, 4) is 11.5 Å². The van der Waals surface area contributed by atoms with Gasteiger partial charge in [0.25, 0.3) is 11.8 Å². The highest BCUT2D eigenvalue weighted by molar-refractivity contribution is 5.94. The molecule has 0 atom stereocenters. The van der Waals surface area contributed by atoms with E-state index >= 15 is 0 Å². The summed E-state index contributed by atoms with van der Waals surface area (Å²) in [6, 6.07) is 7.95. The van der Waals surface area contributed by atoms with E-state index in [9.17, 15) is 9.18 Å². The van der Waals surface area contributed by atoms with E-state index in [0.717, 1.165) is 5.56 Å². The van der Waals surface area contributed by atoms with E-state index in [1.165, 1.54) is 6.07 Å². The van der Waals surface area contributed by atoms with E-state index in [0.29, 0.717) is 35.2 Å². The second-order valence-electron chi connectivity index (χ2n) is 6.28. The Balaban J connectivity index is 1.51. The van der Waals surface area contributed by atoms with Gasteiger partial charge >= 0.3 is 0 Å². The number of carbonyl (C=O) groups excluding carboxylic acids is 1. The molecule has 9 heteroatoms. The summed E-state index contributed by atoms with van der Waals surface area (Å²) in [6.45, 7) is 3.74. The van der Waals surface area contributed by atoms with E-state index in [1.54, 1.807) is 35.7 Å². The number of rotatable bonds is 5. The van der Waals surface area contributed by atoms with Gasteiger partial charge in [-0.1, -0.05) is 18.1 Å². The van der Waals surface area contributed by atoms with Crippen LogP contribution in [0.3, 0.4) is 0 Å². The maximum atomic E-state index is 13.6. The number of aromatic nitrogens is 5. The molecule has 0 bridgehead atoms. The molecule has 0 saturated carbocycles. The molecular formula is C19H17FN6O2. The molecular weight excluding hydrogens is 363 g/mol. The summed E-state index contributed by atoms with van der Waals surface area (Å²) in [4.78, 5) is 16.5. The van der Waals surface area contributed by atoms with Crippen LogP contribution < -0.4 is 5.32 Å². The lowest BCUT2D eigenvalue weighted by Gasteiger charge is -2.05. The topological polar surface area (TPSA) is 98.2 Å². The summed E-state index contributed by atoms with van der Waals surface area (Å²) in [6.07, 6.45) is 2.46. The zero-order valence-electron chi connectivity index (χ0n) is 15.3. The Morgan fingerprint density at radius 2 is 2.11 bits per heavy atom. The molecule has 0 aliphatic carbocycles. The third-order valence-electron chi connectivity index (χ3n) is 4.35. The van der Waals surface area contributed by atoms with Gasteiger partial charge in [-0.3, -0.25) is 9.20 Å². The molecule has 3 heterocycles. The van der Waals surface area contributed by atoms with Gasteiger partial charge in [-0.05, 0) is 36.8 Å². The molecule has 4 aromatic rings. The molecule has 1 N–H and O–H groups in total. The number of pyridine rings is 1. The molecule has 4 rings (SSSR count). The molecule has 28 heavy (non-hydrogen) atoms. The Morgan fingerprint density at radius 3 is 2.86 bits per heavy atom. The summed E-state index contributed by atoms with van der Waals surface area (Å²) < 4.78 is 20.6. The van der Waals surface area contributed by atoms with Gasteiger partial charge in [-0.2, -0.15) is 4.98 Å². The van der Waals surface area contributed by atoms with E-state index in [2.05, 4.69) is 25.7 Å². The van der Waals surface area contributed by atoms with Crippen LogP contribution in [0.25, 0.3) is 17.1 Å². The van der Waals surface area contributed by atoms with Crippen LogP contribution in [0.5, 0.6) is 0 Å². The van der Waals surface area contributed by atoms with Gasteiger partial charge < -0.3 is 9.84 Å². The number of carbonyl (C=O) groups is 1. The molecule has 1 amide bonds. The van der Waals surface area contributed by atoms with Gasteiger partial charge in [0, 0.05) is 23.7 Å². The van der Waals surface area contributed by atoms with Crippen LogP contribution in [0, 0.1) is 12.7 Å². The van der Waals surface area contributed by atoms with Crippen molar-refractivity contribution in [1.82, 2.24) is 30.1 Å². The smallest absolute Gasteiger partial charge is 0.258 e. The highest BCUT2D eigenvalue weighted by Gasteiger charge is 2.13. The summed E-state index contributed by atoms with van der Waals surface area (Å²) in [5, 5.41) is 14.8. The van der Waals surface area contributed by atoms with Gasteiger partial charge in [-0.25, -0.2) is 4.39 Å². The van der Waals surface area contributed by atoms with E-state index in [-0.39, 0.29) is 18.0 Å². The summed E-state index contributed by atoms with van der Waals surface area (Å²) in [7, 11) is 0. The minimum atomic E-state index is -0.416. The van der Waals surface area contributed by atoms with Crippen molar-refractivity contribution >= 4 is 11.6 Å². The number of nitrogens with zero attached hydrogens (tertiary/aromatic N) is 5. The highest BCUT2D eigenvalue weighted by Crippen LogP contribution is 2.19. The fourth-order valence-electron chi connectivity index (χ4n) is 2.70. The quantitative estimate of drug-likeness (QED) is 0.572. The lowest BCUT2D eigenvalue weighted by atomic mass is 10.1. The predicted octanol–water partition coefficient (Wildman–Crippen LogP) is 2.72. The van der Waals surface area contributed by atoms with E-state index in [1.807, 2.05) is 13.0 Å². The molecule has 0 unspecified atom stereocenters. The molecule has 0 aliphatic heterocycles. The zero-order valence-corrected chi connectivity index (χ0v) is 15.3. The van der Waals surface area contributed by atoms with Crippen molar-refractivity contribution in [2.45, 2.75) is 26.8 Å². The normalized spacial score (nSPS) is 11.1. The lowest BCUT2D eigenvalue weighted by Crippen LogP contribution is -2.24. The van der Waals surface area contributed by atoms with Gasteiger partial charge in [-0.15, -0.1) is 10.2 Å². The van der Waals surface area contributed by atoms with Gasteiger partial charge in [0.05, 0.1) is 6.54 Å². The first kappa shape index (κ1) is 17.8. The molecule has 1 aromatic carbocycles. The van der Waals surface area contributed by atoms with Crippen LogP contribution >= 0.6 is 0 Å². The molecule has 0 fully saturated rings. The summed E-state index contributed by atoms with van der Waals surface area (Å²) in [5.74, 6) is 0.790. The number of halogens is 1. The van der Waals surface area contributed by atoms with Crippen LogP contribution in [0.4, 0.5) is 4.39 Å². The average Bonchev–Trinajstić information content (AvgIpc) is 3.34. The van der Waals surface area contributed by atoms with Crippen LogP contribution in [0.1, 0.15) is 34.5 Å². The minimum absolute atomic E-state index is 0.148. The first-order valence-electron chi connectivity index (χ1n) is 8.76. The SMILES string of the molecule is CCc1noc(-c2ccn3c(CNC(=O)c4ccc(C)c(F)c4)nnc3c2)n1. The molecule has 0 aliphatic rings. The van der Waals surface area contributed by atoms with Gasteiger partial charge in [0.15, 0.2) is 17.3 Å². The van der Waals surface area contributed by atoms with Crippen molar-refractivity contribution < 1.29 is 13.7 Å². The highest BCUT2D eigenvalue weighted by atomic mass is 19.1. The Labute approximate surface area is 159 Å². The van der Waals surface area contributed by atoms with Crippen molar-refractivity contribution in [3.05, 3.63) is 65.1 Å². The maximum absolute atomic E-state index is 13.6. The lowest BCUT2D eigenvalue weighted by molar-refractivity contribution is 0.0949. The maximum Gasteiger partial charge on any atom is 0.258 e. The fourth-order valence-corrected chi connectivity index (χ4v) is 2.70. The van der Waals surface area contributed by atoms with Crippen molar-refractivity contribution in [3.63, 3.8) is 0 Å². The Morgan fingerprint density at radius 1 is 1.25 bits per heavy atom. The van der Waals surface area contributed by atoms with E-state index in [4.69, 9.17) is 4.52 Å². The number of amides is 1. The first-order chi connectivity index (χ1) is 13.5. The van der Waals surface area contributed by atoms with Crippen molar-refractivity contribution in [1.29, 1.82) is 0 Å². The second-order valence-corrected chi connectivity index (χ2v) is 6.28. The average molecular weight is 380 g/mol. The third-order valence-corrected chi connectivity index (χ3v) is 4.35. The fraction of sp³-hybridized carbons (Fsp3) is 0.211. The number of hydrogen-bond donors (Lipinski definition) is 1. The van der Waals surface area contributed by atoms with E-state index < -0.39 is 5.82 Å². The molecule has 0 radical (unpaired) electrons. The standard InChI is InChI=1S/C19H17FN6O2/c1-3-15-22-19(28-25-15)13-6-7-26-16(9-13)23-24-17(26)10-21-18(27)12-5-4-11(2)14(20)8-12/h4-9H,3,10H2,1-2H3,(H,21,27). The molecule has 142 valence electrons. The van der Waals surface area contributed by atoms with Gasteiger partial charge in [0.2, 0.25) is 0 Å². The van der Waals surface area contributed by atoms with Crippen LogP contribution in [-0.2, 0) is 13.0 Å². The van der Waals surface area contributed by atoms with Crippen LogP contribution in [0.2, 0.25) is 0 Å². The number of fused-ring (bicyclic) bond motifs is 1. The van der Waals surface area contributed by atoms with Crippen molar-refractivity contribution in [2.75, 3.05) is 0 Å².